The molecule has 0 aromatic rings. The lowest BCUT2D eigenvalue weighted by atomic mass is 10.2. The molecule has 2 N–H and O–H groups in total. The minimum atomic E-state index is -0.0530. The summed E-state index contributed by atoms with van der Waals surface area (Å²) in [5.41, 5.74) is 5.41. The van der Waals surface area contributed by atoms with Gasteiger partial charge in [-0.15, -0.1) is 0 Å². The van der Waals surface area contributed by atoms with Crippen LogP contribution < -0.4 is 5.73 Å². The van der Waals surface area contributed by atoms with Crippen molar-refractivity contribution in [1.82, 2.24) is 4.90 Å². The minimum Gasteiger partial charge on any atom is -0.393 e. The summed E-state index contributed by atoms with van der Waals surface area (Å²) in [5, 5.41) is 0. The van der Waals surface area contributed by atoms with Crippen LogP contribution in [-0.2, 0) is 4.74 Å². The Morgan fingerprint density at radius 3 is 2.33 bits per heavy atom. The van der Waals surface area contributed by atoms with E-state index in [0.29, 0.717) is 4.99 Å². The second kappa shape index (κ2) is 7.14. The minimum absolute atomic E-state index is 0.0530. The van der Waals surface area contributed by atoms with Crippen LogP contribution in [-0.4, -0.2) is 41.7 Å². The van der Waals surface area contributed by atoms with Gasteiger partial charge in [0.15, 0.2) is 0 Å². The third kappa shape index (κ3) is 10.1. The van der Waals surface area contributed by atoms with Gasteiger partial charge in [-0.05, 0) is 27.3 Å². The molecule has 4 heteroatoms. The van der Waals surface area contributed by atoms with E-state index in [1.807, 2.05) is 0 Å². The molecule has 0 saturated heterocycles. The molecule has 0 spiro atoms. The zero-order chi connectivity index (χ0) is 11.9. The molecule has 0 bridgehead atoms. The number of hydrogen-bond acceptors (Lipinski definition) is 3. The van der Waals surface area contributed by atoms with Crippen molar-refractivity contribution in [2.24, 2.45) is 5.73 Å². The molecule has 90 valence electrons. The topological polar surface area (TPSA) is 38.5 Å². The van der Waals surface area contributed by atoms with E-state index in [2.05, 4.69) is 32.6 Å². The molecule has 0 aliphatic heterocycles. The molecule has 0 aromatic heterocycles. The van der Waals surface area contributed by atoms with Gasteiger partial charge >= 0.3 is 0 Å². The molecule has 0 saturated carbocycles. The summed E-state index contributed by atoms with van der Waals surface area (Å²) in [6.07, 6.45) is 0.790. The standard InChI is InChI=1S/C11H24N2OS/c1-5-13(7-6-10(12)15)8-9-14-11(2,3)4/h5-9H2,1-4H3,(H2,12,15). The van der Waals surface area contributed by atoms with E-state index in [4.69, 9.17) is 22.7 Å². The zero-order valence-corrected chi connectivity index (χ0v) is 11.2. The molecule has 0 rings (SSSR count). The Morgan fingerprint density at radius 2 is 1.93 bits per heavy atom. The van der Waals surface area contributed by atoms with Crippen LogP contribution in [0.1, 0.15) is 34.1 Å². The highest BCUT2D eigenvalue weighted by Gasteiger charge is 2.10. The molecule has 3 nitrogen and oxygen atoms in total. The van der Waals surface area contributed by atoms with Gasteiger partial charge in [-0.1, -0.05) is 19.1 Å². The van der Waals surface area contributed by atoms with Gasteiger partial charge in [-0.3, -0.25) is 0 Å². The molecule has 0 radical (unpaired) electrons. The predicted molar refractivity (Wildman–Crippen MR) is 69.2 cm³/mol. The van der Waals surface area contributed by atoms with E-state index in [0.717, 1.165) is 32.7 Å². The van der Waals surface area contributed by atoms with Gasteiger partial charge in [0.1, 0.15) is 0 Å². The fourth-order valence-corrected chi connectivity index (χ4v) is 1.27. The van der Waals surface area contributed by atoms with Crippen LogP contribution in [0.3, 0.4) is 0 Å². The van der Waals surface area contributed by atoms with E-state index < -0.39 is 0 Å². The molecule has 0 unspecified atom stereocenters. The Morgan fingerprint density at radius 1 is 1.33 bits per heavy atom. The summed E-state index contributed by atoms with van der Waals surface area (Å²) in [5.74, 6) is 0. The number of nitrogens with two attached hydrogens (primary N) is 1. The van der Waals surface area contributed by atoms with Crippen molar-refractivity contribution in [2.45, 2.75) is 39.7 Å². The highest BCUT2D eigenvalue weighted by atomic mass is 32.1. The van der Waals surface area contributed by atoms with Gasteiger partial charge in [0, 0.05) is 19.5 Å². The highest BCUT2D eigenvalue weighted by Crippen LogP contribution is 2.06. The first kappa shape index (κ1) is 14.8. The Hall–Kier alpha value is -0.190. The smallest absolute Gasteiger partial charge is 0.0740 e. The van der Waals surface area contributed by atoms with Crippen LogP contribution in [0.15, 0.2) is 0 Å². The van der Waals surface area contributed by atoms with E-state index >= 15 is 0 Å². The van der Waals surface area contributed by atoms with Crippen LogP contribution in [0.25, 0.3) is 0 Å². The summed E-state index contributed by atoms with van der Waals surface area (Å²) in [7, 11) is 0. The Labute approximate surface area is 99.0 Å². The van der Waals surface area contributed by atoms with Crippen molar-refractivity contribution in [3.63, 3.8) is 0 Å². The zero-order valence-electron chi connectivity index (χ0n) is 10.4. The van der Waals surface area contributed by atoms with Gasteiger partial charge in [0.25, 0.3) is 0 Å². The number of ether oxygens (including phenoxy) is 1. The van der Waals surface area contributed by atoms with Crippen LogP contribution in [0.5, 0.6) is 0 Å². The van der Waals surface area contributed by atoms with E-state index in [1.165, 1.54) is 0 Å². The Balaban J connectivity index is 3.66. The van der Waals surface area contributed by atoms with Gasteiger partial charge in [-0.25, -0.2) is 0 Å². The Kier molecular flexibility index (Phi) is 7.05. The molecule has 0 aliphatic carbocycles. The molecule has 0 aromatic carbocycles. The first-order valence-electron chi connectivity index (χ1n) is 5.49. The quantitative estimate of drug-likeness (QED) is 0.679. The summed E-state index contributed by atoms with van der Waals surface area (Å²) < 4.78 is 5.66. The number of thiocarbonyl (C=S) groups is 1. The van der Waals surface area contributed by atoms with Crippen molar-refractivity contribution in [3.8, 4) is 0 Å². The van der Waals surface area contributed by atoms with E-state index in [1.54, 1.807) is 0 Å². The number of nitrogens with zero attached hydrogens (tertiary/aromatic N) is 1. The number of hydrogen-bond donors (Lipinski definition) is 1. The van der Waals surface area contributed by atoms with Gasteiger partial charge < -0.3 is 15.4 Å². The predicted octanol–water partition coefficient (Wildman–Crippen LogP) is 1.80. The van der Waals surface area contributed by atoms with Crippen molar-refractivity contribution in [3.05, 3.63) is 0 Å². The highest BCUT2D eigenvalue weighted by molar-refractivity contribution is 7.80. The van der Waals surface area contributed by atoms with E-state index in [9.17, 15) is 0 Å². The summed E-state index contributed by atoms with van der Waals surface area (Å²) >= 11 is 4.85. The summed E-state index contributed by atoms with van der Waals surface area (Å²) in [6, 6.07) is 0. The maximum Gasteiger partial charge on any atom is 0.0740 e. The van der Waals surface area contributed by atoms with Crippen LogP contribution in [0.2, 0.25) is 0 Å². The molecule has 0 aliphatic rings. The number of likely N-dealkylation sites (N-methyl/N-ethyl adjacent to an activating group) is 1. The molecule has 15 heavy (non-hydrogen) atoms. The lowest BCUT2D eigenvalue weighted by Gasteiger charge is -2.24. The molecular weight excluding hydrogens is 208 g/mol. The normalized spacial score (nSPS) is 12.1. The Bertz CT molecular complexity index is 190. The SMILES string of the molecule is CCN(CCOC(C)(C)C)CCC(N)=S. The fourth-order valence-electron chi connectivity index (χ4n) is 1.18. The van der Waals surface area contributed by atoms with Crippen LogP contribution >= 0.6 is 12.2 Å². The molecule has 0 atom stereocenters. The first-order chi connectivity index (χ1) is 6.85. The third-order valence-corrected chi connectivity index (χ3v) is 2.27. The maximum atomic E-state index is 5.66. The van der Waals surface area contributed by atoms with Crippen LogP contribution in [0.4, 0.5) is 0 Å². The summed E-state index contributed by atoms with van der Waals surface area (Å²) in [4.78, 5) is 2.88. The first-order valence-corrected chi connectivity index (χ1v) is 5.90. The second-order valence-corrected chi connectivity index (χ2v) is 5.14. The van der Waals surface area contributed by atoms with Crippen molar-refractivity contribution in [1.29, 1.82) is 0 Å². The fraction of sp³-hybridized carbons (Fsp3) is 0.909. The van der Waals surface area contributed by atoms with Gasteiger partial charge in [0.05, 0.1) is 17.2 Å². The molecule has 0 amide bonds. The lowest BCUT2D eigenvalue weighted by molar-refractivity contribution is -0.0123. The average molecular weight is 232 g/mol. The second-order valence-electron chi connectivity index (χ2n) is 4.61. The monoisotopic (exact) mass is 232 g/mol. The van der Waals surface area contributed by atoms with Gasteiger partial charge in [-0.2, -0.15) is 0 Å². The van der Waals surface area contributed by atoms with Crippen molar-refractivity contribution >= 4 is 17.2 Å². The van der Waals surface area contributed by atoms with Crippen LogP contribution in [0, 0.1) is 0 Å². The largest absolute Gasteiger partial charge is 0.393 e. The van der Waals surface area contributed by atoms with E-state index in [-0.39, 0.29) is 5.60 Å². The third-order valence-electron chi connectivity index (χ3n) is 2.06. The maximum absolute atomic E-state index is 5.66. The summed E-state index contributed by atoms with van der Waals surface area (Å²) in [6.45, 7) is 12.0. The lowest BCUT2D eigenvalue weighted by Crippen LogP contribution is -2.33. The molecule has 0 fully saturated rings. The van der Waals surface area contributed by atoms with Gasteiger partial charge in [0.2, 0.25) is 0 Å². The average Bonchev–Trinajstić information content (AvgIpc) is 2.08. The molecular formula is C11H24N2OS. The van der Waals surface area contributed by atoms with Crippen molar-refractivity contribution < 1.29 is 4.74 Å². The van der Waals surface area contributed by atoms with Crippen molar-refractivity contribution in [2.75, 3.05) is 26.2 Å². The number of rotatable bonds is 7. The molecule has 0 heterocycles.